The first-order chi connectivity index (χ1) is 17.6. The molecule has 0 aliphatic heterocycles. The van der Waals surface area contributed by atoms with Gasteiger partial charge in [0.15, 0.2) is 0 Å². The summed E-state index contributed by atoms with van der Waals surface area (Å²) in [6.45, 7) is 2.76. The van der Waals surface area contributed by atoms with Crippen LogP contribution in [-0.4, -0.2) is 24.7 Å². The molecule has 182 valence electrons. The van der Waals surface area contributed by atoms with Crippen molar-refractivity contribution < 1.29 is 19.1 Å². The third kappa shape index (κ3) is 6.79. The van der Waals surface area contributed by atoms with Crippen molar-refractivity contribution >= 4 is 28.9 Å². The summed E-state index contributed by atoms with van der Waals surface area (Å²) >= 11 is 0. The van der Waals surface area contributed by atoms with E-state index in [0.717, 1.165) is 40.5 Å². The van der Waals surface area contributed by atoms with Gasteiger partial charge in [-0.1, -0.05) is 55.8 Å². The average molecular weight is 481 g/mol. The molecule has 0 aliphatic rings. The van der Waals surface area contributed by atoms with E-state index in [0.29, 0.717) is 17.9 Å². The Morgan fingerprint density at radius 2 is 1.58 bits per heavy atom. The van der Waals surface area contributed by atoms with Gasteiger partial charge in [-0.3, -0.25) is 4.79 Å². The summed E-state index contributed by atoms with van der Waals surface area (Å²) in [7, 11) is 0. The monoisotopic (exact) mass is 480 g/mol. The number of hydrogen-bond acceptors (Lipinski definition) is 5. The second-order valence-electron chi connectivity index (χ2n) is 8.29. The number of hydrogen-bond donors (Lipinski definition) is 1. The molecule has 0 heterocycles. The standard InChI is InChI=1S/C30H28N2O4/c1-2-3-19-35-26-17-13-24(14-18-26)30(34)36-27-15-11-22(12-16-27)21-31-32-29(33)20-25-9-6-8-23-7-4-5-10-28(23)25/h4-18,21H,2-3,19-20H2,1H3,(H,32,33)/b31-21+. The summed E-state index contributed by atoms with van der Waals surface area (Å²) in [5.74, 6) is 0.500. The molecule has 0 saturated carbocycles. The van der Waals surface area contributed by atoms with Gasteiger partial charge < -0.3 is 9.47 Å². The van der Waals surface area contributed by atoms with E-state index in [2.05, 4.69) is 17.5 Å². The number of amides is 1. The zero-order valence-corrected chi connectivity index (χ0v) is 20.1. The van der Waals surface area contributed by atoms with Crippen LogP contribution in [0.2, 0.25) is 0 Å². The fourth-order valence-corrected chi connectivity index (χ4v) is 3.65. The molecule has 4 aromatic rings. The largest absolute Gasteiger partial charge is 0.494 e. The Labute approximate surface area is 210 Å². The Morgan fingerprint density at radius 1 is 0.861 bits per heavy atom. The first-order valence-corrected chi connectivity index (χ1v) is 12.0. The number of nitrogens with zero attached hydrogens (tertiary/aromatic N) is 1. The van der Waals surface area contributed by atoms with Crippen molar-refractivity contribution in [2.75, 3.05) is 6.61 Å². The molecule has 0 aromatic heterocycles. The van der Waals surface area contributed by atoms with Crippen LogP contribution >= 0.6 is 0 Å². The lowest BCUT2D eigenvalue weighted by Gasteiger charge is -2.07. The van der Waals surface area contributed by atoms with Crippen molar-refractivity contribution in [3.8, 4) is 11.5 Å². The SMILES string of the molecule is CCCCOc1ccc(C(=O)Oc2ccc(/C=N/NC(=O)Cc3cccc4ccccc34)cc2)cc1. The van der Waals surface area contributed by atoms with E-state index >= 15 is 0 Å². The van der Waals surface area contributed by atoms with E-state index in [1.807, 2.05) is 42.5 Å². The molecular formula is C30H28N2O4. The highest BCUT2D eigenvalue weighted by Gasteiger charge is 2.09. The van der Waals surface area contributed by atoms with Crippen molar-refractivity contribution in [1.29, 1.82) is 0 Å². The maximum absolute atomic E-state index is 12.4. The molecule has 4 rings (SSSR count). The predicted molar refractivity (Wildman–Crippen MR) is 142 cm³/mol. The third-order valence-electron chi connectivity index (χ3n) is 5.58. The summed E-state index contributed by atoms with van der Waals surface area (Å²) in [6.07, 6.45) is 3.83. The molecule has 0 radical (unpaired) electrons. The normalized spacial score (nSPS) is 10.9. The van der Waals surface area contributed by atoms with E-state index in [4.69, 9.17) is 9.47 Å². The zero-order valence-electron chi connectivity index (χ0n) is 20.1. The van der Waals surface area contributed by atoms with E-state index in [1.165, 1.54) is 0 Å². The van der Waals surface area contributed by atoms with E-state index in [9.17, 15) is 9.59 Å². The summed E-state index contributed by atoms with van der Waals surface area (Å²) in [6, 6.07) is 27.7. The number of nitrogens with one attached hydrogen (secondary N) is 1. The smallest absolute Gasteiger partial charge is 0.343 e. The zero-order chi connectivity index (χ0) is 25.2. The maximum atomic E-state index is 12.4. The molecule has 1 amide bonds. The lowest BCUT2D eigenvalue weighted by molar-refractivity contribution is -0.120. The van der Waals surface area contributed by atoms with Crippen LogP contribution in [0.3, 0.4) is 0 Å². The number of unbranched alkanes of at least 4 members (excludes halogenated alkanes) is 1. The van der Waals surface area contributed by atoms with Crippen molar-refractivity contribution in [3.63, 3.8) is 0 Å². The van der Waals surface area contributed by atoms with Crippen molar-refractivity contribution in [1.82, 2.24) is 5.43 Å². The lowest BCUT2D eigenvalue weighted by atomic mass is 10.0. The van der Waals surface area contributed by atoms with Crippen LogP contribution in [0.25, 0.3) is 10.8 Å². The molecule has 0 unspecified atom stereocenters. The van der Waals surface area contributed by atoms with Gasteiger partial charge in [0.1, 0.15) is 11.5 Å². The summed E-state index contributed by atoms with van der Waals surface area (Å²) in [5.41, 5.74) is 4.72. The molecule has 0 spiro atoms. The van der Waals surface area contributed by atoms with Crippen molar-refractivity contribution in [3.05, 3.63) is 108 Å². The van der Waals surface area contributed by atoms with E-state index in [1.54, 1.807) is 54.7 Å². The minimum Gasteiger partial charge on any atom is -0.494 e. The van der Waals surface area contributed by atoms with Crippen LogP contribution in [0.4, 0.5) is 0 Å². The molecule has 6 heteroatoms. The second kappa shape index (κ2) is 12.3. The van der Waals surface area contributed by atoms with Gasteiger partial charge in [0, 0.05) is 0 Å². The first kappa shape index (κ1) is 24.7. The summed E-state index contributed by atoms with van der Waals surface area (Å²) in [4.78, 5) is 24.8. The van der Waals surface area contributed by atoms with Gasteiger partial charge in [-0.2, -0.15) is 5.10 Å². The van der Waals surface area contributed by atoms with Gasteiger partial charge in [-0.25, -0.2) is 10.2 Å². The number of fused-ring (bicyclic) bond motifs is 1. The Hall–Kier alpha value is -4.45. The number of rotatable bonds is 10. The van der Waals surface area contributed by atoms with Crippen LogP contribution in [0, 0.1) is 0 Å². The minimum atomic E-state index is -0.447. The first-order valence-electron chi connectivity index (χ1n) is 12.0. The highest BCUT2D eigenvalue weighted by molar-refractivity contribution is 5.92. The fraction of sp³-hybridized carbons (Fsp3) is 0.167. The predicted octanol–water partition coefficient (Wildman–Crippen LogP) is 5.93. The Morgan fingerprint density at radius 3 is 2.36 bits per heavy atom. The topological polar surface area (TPSA) is 77.0 Å². The highest BCUT2D eigenvalue weighted by atomic mass is 16.5. The molecule has 0 fully saturated rings. The number of benzene rings is 4. The second-order valence-corrected chi connectivity index (χ2v) is 8.29. The molecule has 0 atom stereocenters. The van der Waals surface area contributed by atoms with Crippen molar-refractivity contribution in [2.24, 2.45) is 5.10 Å². The Balaban J connectivity index is 1.27. The Kier molecular flexibility index (Phi) is 8.44. The van der Waals surface area contributed by atoms with Gasteiger partial charge in [-0.05, 0) is 76.9 Å². The molecule has 36 heavy (non-hydrogen) atoms. The quantitative estimate of drug-likeness (QED) is 0.100. The molecule has 1 N–H and O–H groups in total. The van der Waals surface area contributed by atoms with Crippen LogP contribution in [0.5, 0.6) is 11.5 Å². The average Bonchev–Trinajstić information content (AvgIpc) is 2.90. The minimum absolute atomic E-state index is 0.199. The van der Waals surface area contributed by atoms with E-state index < -0.39 is 5.97 Å². The molecule has 6 nitrogen and oxygen atoms in total. The number of carbonyl (C=O) groups excluding carboxylic acids is 2. The van der Waals surface area contributed by atoms with Gasteiger partial charge >= 0.3 is 5.97 Å². The number of carbonyl (C=O) groups is 2. The van der Waals surface area contributed by atoms with Crippen LogP contribution in [0.1, 0.15) is 41.3 Å². The van der Waals surface area contributed by atoms with Gasteiger partial charge in [0.25, 0.3) is 0 Å². The third-order valence-corrected chi connectivity index (χ3v) is 5.58. The highest BCUT2D eigenvalue weighted by Crippen LogP contribution is 2.19. The molecule has 0 aliphatic carbocycles. The van der Waals surface area contributed by atoms with Crippen LogP contribution in [0.15, 0.2) is 96.1 Å². The van der Waals surface area contributed by atoms with E-state index in [-0.39, 0.29) is 12.3 Å². The van der Waals surface area contributed by atoms with Gasteiger partial charge in [-0.15, -0.1) is 0 Å². The van der Waals surface area contributed by atoms with Crippen molar-refractivity contribution in [2.45, 2.75) is 26.2 Å². The maximum Gasteiger partial charge on any atom is 0.343 e. The number of esters is 1. The molecular weight excluding hydrogens is 452 g/mol. The molecule has 0 saturated heterocycles. The number of ether oxygens (including phenoxy) is 2. The number of hydrazone groups is 1. The fourth-order valence-electron chi connectivity index (χ4n) is 3.65. The molecule has 0 bridgehead atoms. The van der Waals surface area contributed by atoms with Crippen LogP contribution in [-0.2, 0) is 11.2 Å². The Bertz CT molecular complexity index is 1340. The van der Waals surface area contributed by atoms with Gasteiger partial charge in [0.2, 0.25) is 5.91 Å². The lowest BCUT2D eigenvalue weighted by Crippen LogP contribution is -2.19. The van der Waals surface area contributed by atoms with Gasteiger partial charge in [0.05, 0.1) is 24.8 Å². The summed E-state index contributed by atoms with van der Waals surface area (Å²) in [5, 5.41) is 6.20. The molecule has 4 aromatic carbocycles. The van der Waals surface area contributed by atoms with Crippen LogP contribution < -0.4 is 14.9 Å². The summed E-state index contributed by atoms with van der Waals surface area (Å²) < 4.78 is 11.1.